The Hall–Kier alpha value is -3.95. The Labute approximate surface area is 199 Å². The number of hydrogen-bond acceptors (Lipinski definition) is 6. The topological polar surface area (TPSA) is 72.0 Å². The molecule has 4 aromatic rings. The van der Waals surface area contributed by atoms with Gasteiger partial charge in [-0.25, -0.2) is 9.97 Å². The van der Waals surface area contributed by atoms with Crippen molar-refractivity contribution in [3.05, 3.63) is 77.9 Å². The first-order chi connectivity index (χ1) is 16.7. The molecule has 34 heavy (non-hydrogen) atoms. The number of para-hydroxylation sites is 1. The molecule has 1 fully saturated rings. The highest BCUT2D eigenvalue weighted by molar-refractivity contribution is 5.92. The third-order valence-electron chi connectivity index (χ3n) is 6.03. The van der Waals surface area contributed by atoms with E-state index in [1.807, 2.05) is 56.3 Å². The number of rotatable bonds is 4. The molecule has 1 aliphatic rings. The number of aryl methyl sites for hydroxylation is 2. The summed E-state index contributed by atoms with van der Waals surface area (Å²) >= 11 is 0. The van der Waals surface area contributed by atoms with E-state index >= 15 is 0 Å². The average Bonchev–Trinajstić information content (AvgIpc) is 2.87. The van der Waals surface area contributed by atoms with Crippen LogP contribution in [0, 0.1) is 31.6 Å². The number of nitrogens with zero attached hydrogens (tertiary/aromatic N) is 3. The van der Waals surface area contributed by atoms with Crippen molar-refractivity contribution in [2.75, 3.05) is 18.4 Å². The number of aromatic nitrogens is 3. The van der Waals surface area contributed by atoms with Crippen LogP contribution >= 0.6 is 0 Å². The van der Waals surface area contributed by atoms with Gasteiger partial charge in [0.05, 0.1) is 16.9 Å². The van der Waals surface area contributed by atoms with Crippen LogP contribution in [0.15, 0.2) is 61.1 Å². The lowest BCUT2D eigenvalue weighted by atomic mass is 9.98. The third kappa shape index (κ3) is 4.85. The van der Waals surface area contributed by atoms with Gasteiger partial charge in [0, 0.05) is 23.1 Å². The molecule has 0 spiro atoms. The summed E-state index contributed by atoms with van der Waals surface area (Å²) in [5.41, 5.74) is 4.51. The Morgan fingerprint density at radius 2 is 1.88 bits per heavy atom. The summed E-state index contributed by atoms with van der Waals surface area (Å²) in [4.78, 5) is 13.3. The van der Waals surface area contributed by atoms with Gasteiger partial charge in [-0.15, -0.1) is 0 Å². The van der Waals surface area contributed by atoms with Crippen LogP contribution in [0.1, 0.15) is 29.7 Å². The van der Waals surface area contributed by atoms with Crippen LogP contribution < -0.4 is 15.4 Å². The molecule has 170 valence electrons. The highest BCUT2D eigenvalue weighted by atomic mass is 16.5. The van der Waals surface area contributed by atoms with E-state index < -0.39 is 0 Å². The van der Waals surface area contributed by atoms with Crippen molar-refractivity contribution >= 4 is 22.4 Å². The van der Waals surface area contributed by atoms with Gasteiger partial charge in [-0.1, -0.05) is 24.0 Å². The van der Waals surface area contributed by atoms with Crippen molar-refractivity contribution in [2.45, 2.75) is 26.7 Å². The summed E-state index contributed by atoms with van der Waals surface area (Å²) in [6.07, 6.45) is 5.54. The van der Waals surface area contributed by atoms with Gasteiger partial charge in [0.25, 0.3) is 0 Å². The maximum Gasteiger partial charge on any atom is 0.153 e. The lowest BCUT2D eigenvalue weighted by Crippen LogP contribution is -2.26. The summed E-state index contributed by atoms with van der Waals surface area (Å²) in [7, 11) is 0. The van der Waals surface area contributed by atoms with E-state index in [9.17, 15) is 0 Å². The fourth-order valence-electron chi connectivity index (χ4n) is 4.09. The SMILES string of the molecule is Cc1cccc(Nc2ncnc3ccc(C#CC4CCNCC4)cc23)c1Oc1cccnc1C. The highest BCUT2D eigenvalue weighted by Crippen LogP contribution is 2.36. The van der Waals surface area contributed by atoms with E-state index in [1.165, 1.54) is 0 Å². The largest absolute Gasteiger partial charge is 0.453 e. The maximum atomic E-state index is 6.29. The van der Waals surface area contributed by atoms with Gasteiger partial charge in [0.2, 0.25) is 0 Å². The Balaban J connectivity index is 1.48. The Bertz CT molecular complexity index is 1380. The summed E-state index contributed by atoms with van der Waals surface area (Å²) in [5.74, 6) is 9.44. The Kier molecular flexibility index (Phi) is 6.37. The molecule has 3 heterocycles. The minimum absolute atomic E-state index is 0.449. The van der Waals surface area contributed by atoms with Crippen LogP contribution in [0.25, 0.3) is 10.9 Å². The minimum Gasteiger partial charge on any atom is -0.453 e. The number of piperidine rings is 1. The van der Waals surface area contributed by atoms with Crippen molar-refractivity contribution < 1.29 is 4.74 Å². The van der Waals surface area contributed by atoms with Crippen molar-refractivity contribution in [3.8, 4) is 23.3 Å². The maximum absolute atomic E-state index is 6.29. The zero-order valence-corrected chi connectivity index (χ0v) is 19.4. The van der Waals surface area contributed by atoms with Gasteiger partial charge < -0.3 is 15.4 Å². The second kappa shape index (κ2) is 9.90. The minimum atomic E-state index is 0.449. The molecule has 0 aliphatic carbocycles. The van der Waals surface area contributed by atoms with Gasteiger partial charge in [0.15, 0.2) is 5.75 Å². The summed E-state index contributed by atoms with van der Waals surface area (Å²) in [6, 6.07) is 15.9. The molecule has 0 radical (unpaired) electrons. The normalized spacial score (nSPS) is 13.8. The summed E-state index contributed by atoms with van der Waals surface area (Å²) < 4.78 is 6.29. The van der Waals surface area contributed by atoms with Gasteiger partial charge in [0.1, 0.15) is 17.9 Å². The first kappa shape index (κ1) is 21.9. The van der Waals surface area contributed by atoms with Crippen molar-refractivity contribution in [1.82, 2.24) is 20.3 Å². The zero-order valence-electron chi connectivity index (χ0n) is 19.4. The first-order valence-corrected chi connectivity index (χ1v) is 11.6. The fraction of sp³-hybridized carbons (Fsp3) is 0.250. The van der Waals surface area contributed by atoms with Crippen molar-refractivity contribution in [2.24, 2.45) is 5.92 Å². The number of nitrogens with one attached hydrogen (secondary N) is 2. The van der Waals surface area contributed by atoms with E-state index in [0.717, 1.165) is 70.8 Å². The molecule has 2 aromatic heterocycles. The summed E-state index contributed by atoms with van der Waals surface area (Å²) in [6.45, 7) is 6.04. The smallest absolute Gasteiger partial charge is 0.153 e. The predicted molar refractivity (Wildman–Crippen MR) is 136 cm³/mol. The molecule has 0 amide bonds. The van der Waals surface area contributed by atoms with Crippen molar-refractivity contribution in [3.63, 3.8) is 0 Å². The number of anilines is 2. The molecule has 6 nitrogen and oxygen atoms in total. The number of benzene rings is 2. The number of hydrogen-bond donors (Lipinski definition) is 2. The Morgan fingerprint density at radius 3 is 2.74 bits per heavy atom. The quantitative estimate of drug-likeness (QED) is 0.399. The first-order valence-electron chi connectivity index (χ1n) is 11.6. The second-order valence-corrected chi connectivity index (χ2v) is 8.51. The monoisotopic (exact) mass is 449 g/mol. The predicted octanol–water partition coefficient (Wildman–Crippen LogP) is 5.53. The molecule has 2 N–H and O–H groups in total. The molecule has 0 saturated carbocycles. The van der Waals surface area contributed by atoms with Crippen molar-refractivity contribution in [1.29, 1.82) is 0 Å². The van der Waals surface area contributed by atoms with E-state index in [1.54, 1.807) is 12.5 Å². The van der Waals surface area contributed by atoms with Crippen LogP contribution in [0.2, 0.25) is 0 Å². The number of ether oxygens (including phenoxy) is 1. The Morgan fingerprint density at radius 1 is 1.00 bits per heavy atom. The summed E-state index contributed by atoms with van der Waals surface area (Å²) in [5, 5.41) is 7.78. The molecule has 6 heteroatoms. The molecule has 5 rings (SSSR count). The lowest BCUT2D eigenvalue weighted by Gasteiger charge is -2.17. The average molecular weight is 450 g/mol. The molecule has 1 aliphatic heterocycles. The van der Waals surface area contributed by atoms with Crippen LogP contribution in [0.4, 0.5) is 11.5 Å². The molecular weight excluding hydrogens is 422 g/mol. The number of pyridine rings is 1. The van der Waals surface area contributed by atoms with Gasteiger partial charge in [-0.3, -0.25) is 4.98 Å². The molecule has 0 bridgehead atoms. The molecule has 0 unspecified atom stereocenters. The highest BCUT2D eigenvalue weighted by Gasteiger charge is 2.13. The third-order valence-corrected chi connectivity index (χ3v) is 6.03. The van der Waals surface area contributed by atoms with E-state index in [0.29, 0.717) is 11.7 Å². The zero-order chi connectivity index (χ0) is 23.3. The lowest BCUT2D eigenvalue weighted by molar-refractivity contribution is 0.447. The number of fused-ring (bicyclic) bond motifs is 1. The van der Waals surface area contributed by atoms with E-state index in [-0.39, 0.29) is 0 Å². The molecule has 2 aromatic carbocycles. The van der Waals surface area contributed by atoms with Crippen LogP contribution in [0.3, 0.4) is 0 Å². The van der Waals surface area contributed by atoms with Crippen LogP contribution in [0.5, 0.6) is 11.5 Å². The fourth-order valence-corrected chi connectivity index (χ4v) is 4.09. The van der Waals surface area contributed by atoms with E-state index in [4.69, 9.17) is 4.74 Å². The molecule has 0 atom stereocenters. The van der Waals surface area contributed by atoms with Gasteiger partial charge >= 0.3 is 0 Å². The second-order valence-electron chi connectivity index (χ2n) is 8.51. The van der Waals surface area contributed by atoms with Crippen LogP contribution in [-0.2, 0) is 0 Å². The standard InChI is InChI=1S/C28H27N5O/c1-19-5-3-6-25(27(19)34-26-7-4-14-30-20(26)2)33-28-23-17-22(10-11-24(23)31-18-32-28)9-8-21-12-15-29-16-13-21/h3-7,10-11,14,17-18,21,29H,12-13,15-16H2,1-2H3,(H,31,32,33). The van der Waals surface area contributed by atoms with Gasteiger partial charge in [-0.2, -0.15) is 0 Å². The molecular formula is C28H27N5O. The van der Waals surface area contributed by atoms with Gasteiger partial charge in [-0.05, 0) is 81.7 Å². The molecule has 1 saturated heterocycles. The van der Waals surface area contributed by atoms with E-state index in [2.05, 4.69) is 43.5 Å². The van der Waals surface area contributed by atoms with Crippen LogP contribution in [-0.4, -0.2) is 28.0 Å².